The van der Waals surface area contributed by atoms with Crippen LogP contribution in [0.1, 0.15) is 43.1 Å². The number of hydrogen-bond acceptors (Lipinski definition) is 3. The van der Waals surface area contributed by atoms with E-state index in [1.165, 1.54) is 0 Å². The molecule has 0 spiro atoms. The van der Waals surface area contributed by atoms with Crippen LogP contribution in [0.15, 0.2) is 12.2 Å². The zero-order chi connectivity index (χ0) is 11.4. The van der Waals surface area contributed by atoms with Crippen LogP contribution in [0.25, 0.3) is 0 Å². The van der Waals surface area contributed by atoms with E-state index in [1.807, 2.05) is 20.8 Å². The fourth-order valence-electron chi connectivity index (χ4n) is 0.944. The van der Waals surface area contributed by atoms with E-state index < -0.39 is 0 Å². The molecule has 1 amide bonds. The molecule has 1 aromatic rings. The van der Waals surface area contributed by atoms with Crippen LogP contribution in [0.5, 0.6) is 0 Å². The number of nitrogens with zero attached hydrogens (tertiary/aromatic N) is 2. The number of amides is 1. The Bertz CT molecular complexity index is 367. The molecule has 0 unspecified atom stereocenters. The first-order chi connectivity index (χ1) is 7.00. The summed E-state index contributed by atoms with van der Waals surface area (Å²) in [6, 6.07) is 0. The number of hydrogen-bond donors (Lipinski definition) is 2. The number of carbonyl (C=O) groups is 1. The summed E-state index contributed by atoms with van der Waals surface area (Å²) >= 11 is 0. The van der Waals surface area contributed by atoms with E-state index in [2.05, 4.69) is 27.1 Å². The monoisotopic (exact) mass is 208 g/mol. The van der Waals surface area contributed by atoms with Crippen molar-refractivity contribution in [2.75, 3.05) is 6.54 Å². The van der Waals surface area contributed by atoms with Gasteiger partial charge in [0, 0.05) is 12.5 Å². The lowest BCUT2D eigenvalue weighted by Gasteiger charge is -2.00. The molecule has 0 atom stereocenters. The number of carbonyl (C=O) groups excluding carboxylic acids is 1. The van der Waals surface area contributed by atoms with Crippen molar-refractivity contribution in [3.8, 4) is 0 Å². The number of aromatic nitrogens is 3. The molecule has 0 saturated carbocycles. The second-order valence-corrected chi connectivity index (χ2v) is 3.84. The summed E-state index contributed by atoms with van der Waals surface area (Å²) in [4.78, 5) is 15.6. The Morgan fingerprint density at radius 3 is 2.73 bits per heavy atom. The molecule has 15 heavy (non-hydrogen) atoms. The van der Waals surface area contributed by atoms with Crippen molar-refractivity contribution in [1.29, 1.82) is 0 Å². The lowest BCUT2D eigenvalue weighted by Crippen LogP contribution is -2.25. The minimum Gasteiger partial charge on any atom is -0.346 e. The summed E-state index contributed by atoms with van der Waals surface area (Å²) < 4.78 is 0. The van der Waals surface area contributed by atoms with Crippen molar-refractivity contribution in [3.05, 3.63) is 23.8 Å². The minimum atomic E-state index is -0.277. The van der Waals surface area contributed by atoms with Gasteiger partial charge in [0.05, 0.1) is 0 Å². The Balaban J connectivity index is 2.62. The third-order valence-corrected chi connectivity index (χ3v) is 1.80. The molecule has 1 aromatic heterocycles. The van der Waals surface area contributed by atoms with Gasteiger partial charge < -0.3 is 5.32 Å². The van der Waals surface area contributed by atoms with Gasteiger partial charge in [-0.2, -0.15) is 0 Å². The normalized spacial score (nSPS) is 10.4. The first kappa shape index (κ1) is 11.4. The van der Waals surface area contributed by atoms with Gasteiger partial charge in [-0.05, 0) is 6.92 Å². The van der Waals surface area contributed by atoms with Crippen LogP contribution in [0, 0.1) is 0 Å². The van der Waals surface area contributed by atoms with E-state index >= 15 is 0 Å². The first-order valence-corrected chi connectivity index (χ1v) is 4.85. The Kier molecular flexibility index (Phi) is 3.60. The van der Waals surface area contributed by atoms with Crippen molar-refractivity contribution in [1.82, 2.24) is 20.5 Å². The lowest BCUT2D eigenvalue weighted by molar-refractivity contribution is 0.0947. The van der Waals surface area contributed by atoms with Gasteiger partial charge in [0.2, 0.25) is 5.82 Å². The molecule has 0 fully saturated rings. The molecule has 0 aromatic carbocycles. The topological polar surface area (TPSA) is 70.7 Å². The van der Waals surface area contributed by atoms with E-state index in [9.17, 15) is 4.79 Å². The average Bonchev–Trinajstić information content (AvgIpc) is 2.62. The number of H-pyrrole nitrogens is 1. The summed E-state index contributed by atoms with van der Waals surface area (Å²) in [5, 5.41) is 9.23. The average molecular weight is 208 g/mol. The van der Waals surface area contributed by atoms with E-state index in [0.29, 0.717) is 6.54 Å². The Morgan fingerprint density at radius 1 is 1.60 bits per heavy atom. The zero-order valence-corrected chi connectivity index (χ0v) is 9.29. The highest BCUT2D eigenvalue weighted by Crippen LogP contribution is 2.07. The summed E-state index contributed by atoms with van der Waals surface area (Å²) in [6.07, 6.45) is 0. The maximum Gasteiger partial charge on any atom is 0.291 e. The second kappa shape index (κ2) is 4.72. The number of aromatic amines is 1. The van der Waals surface area contributed by atoms with Gasteiger partial charge in [0.15, 0.2) is 0 Å². The Hall–Kier alpha value is -1.65. The molecule has 82 valence electrons. The zero-order valence-electron chi connectivity index (χ0n) is 9.29. The number of nitrogens with one attached hydrogen (secondary N) is 2. The van der Waals surface area contributed by atoms with E-state index in [1.54, 1.807) is 0 Å². The van der Waals surface area contributed by atoms with E-state index in [4.69, 9.17) is 0 Å². The molecule has 0 bridgehead atoms. The molecule has 5 heteroatoms. The summed E-state index contributed by atoms with van der Waals surface area (Å²) in [7, 11) is 0. The van der Waals surface area contributed by atoms with Gasteiger partial charge in [-0.15, -0.1) is 5.10 Å². The van der Waals surface area contributed by atoms with Crippen LogP contribution in [0.2, 0.25) is 0 Å². The van der Waals surface area contributed by atoms with Crippen molar-refractivity contribution in [2.24, 2.45) is 0 Å². The number of rotatable bonds is 4. The molecule has 1 rings (SSSR count). The van der Waals surface area contributed by atoms with Crippen molar-refractivity contribution in [3.63, 3.8) is 0 Å². The fraction of sp³-hybridized carbons (Fsp3) is 0.500. The molecular weight excluding hydrogens is 192 g/mol. The van der Waals surface area contributed by atoms with Crippen molar-refractivity contribution in [2.45, 2.75) is 26.7 Å². The SMILES string of the molecule is C=C(C)CNC(=O)c1n[nH]c(C(C)C)n1. The maximum absolute atomic E-state index is 11.5. The highest BCUT2D eigenvalue weighted by molar-refractivity contribution is 5.90. The second-order valence-electron chi connectivity index (χ2n) is 3.84. The summed E-state index contributed by atoms with van der Waals surface area (Å²) in [6.45, 7) is 9.95. The van der Waals surface area contributed by atoms with E-state index in [0.717, 1.165) is 11.4 Å². The molecular formula is C10H16N4O. The molecule has 5 nitrogen and oxygen atoms in total. The van der Waals surface area contributed by atoms with Crippen LogP contribution in [-0.2, 0) is 0 Å². The third-order valence-electron chi connectivity index (χ3n) is 1.80. The highest BCUT2D eigenvalue weighted by atomic mass is 16.2. The standard InChI is InChI=1S/C10H16N4O/c1-6(2)5-11-10(15)9-12-8(7(3)4)13-14-9/h7H,1,5H2,2-4H3,(H,11,15)(H,12,13,14). The summed E-state index contributed by atoms with van der Waals surface area (Å²) in [5.74, 6) is 0.858. The molecule has 0 radical (unpaired) electrons. The van der Waals surface area contributed by atoms with Gasteiger partial charge in [0.1, 0.15) is 5.82 Å². The van der Waals surface area contributed by atoms with Gasteiger partial charge in [-0.3, -0.25) is 9.89 Å². The van der Waals surface area contributed by atoms with Crippen LogP contribution in [-0.4, -0.2) is 27.6 Å². The largest absolute Gasteiger partial charge is 0.346 e. The molecule has 1 heterocycles. The quantitative estimate of drug-likeness (QED) is 0.731. The fourth-order valence-corrected chi connectivity index (χ4v) is 0.944. The Labute approximate surface area is 89.0 Å². The van der Waals surface area contributed by atoms with Crippen molar-refractivity contribution < 1.29 is 4.79 Å². The van der Waals surface area contributed by atoms with Gasteiger partial charge in [-0.1, -0.05) is 26.0 Å². The molecule has 0 aliphatic heterocycles. The van der Waals surface area contributed by atoms with Crippen LogP contribution in [0.4, 0.5) is 0 Å². The van der Waals surface area contributed by atoms with Crippen LogP contribution >= 0.6 is 0 Å². The predicted molar refractivity (Wildman–Crippen MR) is 57.6 cm³/mol. The molecule has 0 aliphatic rings. The minimum absolute atomic E-state index is 0.181. The molecule has 2 N–H and O–H groups in total. The highest BCUT2D eigenvalue weighted by Gasteiger charge is 2.13. The maximum atomic E-state index is 11.5. The van der Waals surface area contributed by atoms with Crippen LogP contribution in [0.3, 0.4) is 0 Å². The smallest absolute Gasteiger partial charge is 0.291 e. The first-order valence-electron chi connectivity index (χ1n) is 4.85. The molecule has 0 aliphatic carbocycles. The van der Waals surface area contributed by atoms with Gasteiger partial charge in [-0.25, -0.2) is 4.98 Å². The predicted octanol–water partition coefficient (Wildman–Crippen LogP) is 1.23. The van der Waals surface area contributed by atoms with Gasteiger partial charge in [0.25, 0.3) is 5.91 Å². The summed E-state index contributed by atoms with van der Waals surface area (Å²) in [5.41, 5.74) is 0.892. The van der Waals surface area contributed by atoms with Crippen LogP contribution < -0.4 is 5.32 Å². The Morgan fingerprint density at radius 2 is 2.27 bits per heavy atom. The molecule has 0 saturated heterocycles. The van der Waals surface area contributed by atoms with Crippen molar-refractivity contribution >= 4 is 5.91 Å². The van der Waals surface area contributed by atoms with Gasteiger partial charge >= 0.3 is 0 Å². The third kappa shape index (κ3) is 3.19. The van der Waals surface area contributed by atoms with E-state index in [-0.39, 0.29) is 17.6 Å². The lowest BCUT2D eigenvalue weighted by atomic mass is 10.2.